The summed E-state index contributed by atoms with van der Waals surface area (Å²) >= 11 is 0. The van der Waals surface area contributed by atoms with E-state index in [4.69, 9.17) is 10.5 Å². The Morgan fingerprint density at radius 3 is 2.78 bits per heavy atom. The number of hydrogen-bond donors (Lipinski definition) is 2. The van der Waals surface area contributed by atoms with Crippen LogP contribution in [0.5, 0.6) is 5.75 Å². The van der Waals surface area contributed by atoms with Crippen molar-refractivity contribution in [2.75, 3.05) is 43.4 Å². The number of nitrogens with zero attached hydrogens (tertiary/aromatic N) is 1. The highest BCUT2D eigenvalue weighted by atomic mass is 19.1. The third kappa shape index (κ3) is 2.85. The minimum absolute atomic E-state index is 0.291. The van der Waals surface area contributed by atoms with Crippen molar-refractivity contribution in [2.45, 2.75) is 13.3 Å². The molecule has 2 rings (SSSR count). The highest BCUT2D eigenvalue weighted by molar-refractivity contribution is 5.70. The van der Waals surface area contributed by atoms with Gasteiger partial charge in [-0.2, -0.15) is 0 Å². The maximum atomic E-state index is 13.7. The van der Waals surface area contributed by atoms with Crippen LogP contribution in [0.3, 0.4) is 0 Å². The summed E-state index contributed by atoms with van der Waals surface area (Å²) in [7, 11) is 0. The molecule has 0 aromatic heterocycles. The highest BCUT2D eigenvalue weighted by Gasteiger charge is 2.16. The highest BCUT2D eigenvalue weighted by Crippen LogP contribution is 2.31. The van der Waals surface area contributed by atoms with Gasteiger partial charge < -0.3 is 20.7 Å². The van der Waals surface area contributed by atoms with E-state index in [1.807, 2.05) is 6.92 Å². The Kier molecular flexibility index (Phi) is 4.25. The van der Waals surface area contributed by atoms with E-state index < -0.39 is 0 Å². The van der Waals surface area contributed by atoms with Crippen molar-refractivity contribution in [3.63, 3.8) is 0 Å². The predicted octanol–water partition coefficient (Wildman–Crippen LogP) is 1.61. The van der Waals surface area contributed by atoms with Crippen LogP contribution in [0.2, 0.25) is 0 Å². The molecule has 0 radical (unpaired) electrons. The second-order valence-corrected chi connectivity index (χ2v) is 4.43. The third-order valence-electron chi connectivity index (χ3n) is 3.00. The van der Waals surface area contributed by atoms with Gasteiger partial charge in [0.1, 0.15) is 0 Å². The van der Waals surface area contributed by atoms with Crippen LogP contribution in [0.25, 0.3) is 0 Å². The molecule has 1 fully saturated rings. The Labute approximate surface area is 107 Å². The lowest BCUT2D eigenvalue weighted by Crippen LogP contribution is -2.43. The van der Waals surface area contributed by atoms with Crippen LogP contribution in [0.4, 0.5) is 15.8 Å². The van der Waals surface area contributed by atoms with Crippen molar-refractivity contribution in [2.24, 2.45) is 0 Å². The fourth-order valence-electron chi connectivity index (χ4n) is 2.06. The zero-order valence-corrected chi connectivity index (χ0v) is 10.7. The first-order valence-electron chi connectivity index (χ1n) is 6.40. The number of hydrogen-bond acceptors (Lipinski definition) is 4. The first-order valence-corrected chi connectivity index (χ1v) is 6.40. The fraction of sp³-hybridized carbons (Fsp3) is 0.538. The second kappa shape index (κ2) is 5.91. The summed E-state index contributed by atoms with van der Waals surface area (Å²) < 4.78 is 19.1. The van der Waals surface area contributed by atoms with Gasteiger partial charge in [-0.15, -0.1) is 0 Å². The van der Waals surface area contributed by atoms with Gasteiger partial charge in [-0.3, -0.25) is 0 Å². The first-order chi connectivity index (χ1) is 8.72. The second-order valence-electron chi connectivity index (χ2n) is 4.43. The van der Waals surface area contributed by atoms with Crippen LogP contribution in [0.15, 0.2) is 12.1 Å². The molecule has 100 valence electrons. The molecule has 0 unspecified atom stereocenters. The van der Waals surface area contributed by atoms with E-state index in [0.717, 1.165) is 38.3 Å². The van der Waals surface area contributed by atoms with Crippen LogP contribution >= 0.6 is 0 Å². The molecule has 0 amide bonds. The molecule has 0 aliphatic carbocycles. The van der Waals surface area contributed by atoms with Gasteiger partial charge in [-0.05, 0) is 6.42 Å². The maximum absolute atomic E-state index is 13.7. The molecule has 5 heteroatoms. The summed E-state index contributed by atoms with van der Waals surface area (Å²) in [6.07, 6.45) is 0.854. The first kappa shape index (κ1) is 13.0. The smallest absolute Gasteiger partial charge is 0.167 e. The average molecular weight is 253 g/mol. The summed E-state index contributed by atoms with van der Waals surface area (Å²) in [5, 5.41) is 3.28. The molecular formula is C13H20FN3O. The molecular weight excluding hydrogens is 233 g/mol. The molecule has 1 aromatic carbocycles. The Morgan fingerprint density at radius 2 is 2.11 bits per heavy atom. The van der Waals surface area contributed by atoms with Crippen LogP contribution < -0.4 is 20.7 Å². The number of benzene rings is 1. The molecule has 1 heterocycles. The van der Waals surface area contributed by atoms with Gasteiger partial charge in [0.05, 0.1) is 18.0 Å². The molecule has 4 nitrogen and oxygen atoms in total. The summed E-state index contributed by atoms with van der Waals surface area (Å²) in [6, 6.07) is 3.06. The maximum Gasteiger partial charge on any atom is 0.167 e. The number of piperazine rings is 1. The quantitative estimate of drug-likeness (QED) is 0.800. The van der Waals surface area contributed by atoms with E-state index in [1.54, 1.807) is 6.07 Å². The van der Waals surface area contributed by atoms with Crippen molar-refractivity contribution in [3.8, 4) is 5.75 Å². The molecule has 1 aromatic rings. The molecule has 1 aliphatic heterocycles. The molecule has 3 N–H and O–H groups in total. The summed E-state index contributed by atoms with van der Waals surface area (Å²) in [5.41, 5.74) is 7.23. The summed E-state index contributed by atoms with van der Waals surface area (Å²) in [6.45, 7) is 6.10. The van der Waals surface area contributed by atoms with E-state index >= 15 is 0 Å². The van der Waals surface area contributed by atoms with Crippen LogP contribution in [0, 0.1) is 5.82 Å². The molecule has 0 spiro atoms. The van der Waals surface area contributed by atoms with Gasteiger partial charge in [-0.1, -0.05) is 6.92 Å². The average Bonchev–Trinajstić information content (AvgIpc) is 2.39. The van der Waals surface area contributed by atoms with E-state index in [0.29, 0.717) is 18.0 Å². The van der Waals surface area contributed by atoms with Crippen LogP contribution in [0.1, 0.15) is 13.3 Å². The van der Waals surface area contributed by atoms with E-state index in [1.165, 1.54) is 6.07 Å². The monoisotopic (exact) mass is 253 g/mol. The third-order valence-corrected chi connectivity index (χ3v) is 3.00. The van der Waals surface area contributed by atoms with Crippen molar-refractivity contribution in [1.29, 1.82) is 0 Å². The van der Waals surface area contributed by atoms with Gasteiger partial charge in [0, 0.05) is 38.3 Å². The SMILES string of the molecule is CCCOc1cc(N2CCNCC2)c(N)cc1F. The van der Waals surface area contributed by atoms with Gasteiger partial charge in [0.25, 0.3) is 0 Å². The molecule has 1 saturated heterocycles. The van der Waals surface area contributed by atoms with Crippen molar-refractivity contribution >= 4 is 11.4 Å². The Hall–Kier alpha value is -1.49. The summed E-state index contributed by atoms with van der Waals surface area (Å²) in [4.78, 5) is 2.16. The molecule has 0 atom stereocenters. The van der Waals surface area contributed by atoms with E-state index in [-0.39, 0.29) is 5.82 Å². The van der Waals surface area contributed by atoms with Gasteiger partial charge >= 0.3 is 0 Å². The zero-order valence-electron chi connectivity index (χ0n) is 10.7. The molecule has 0 bridgehead atoms. The summed E-state index contributed by atoms with van der Waals surface area (Å²) in [5.74, 6) is -0.0978. The van der Waals surface area contributed by atoms with E-state index in [9.17, 15) is 4.39 Å². The largest absolute Gasteiger partial charge is 0.490 e. The Bertz CT molecular complexity index is 405. The van der Waals surface area contributed by atoms with E-state index in [2.05, 4.69) is 10.2 Å². The molecule has 1 aliphatic rings. The minimum atomic E-state index is -0.389. The molecule has 18 heavy (non-hydrogen) atoms. The normalized spacial score (nSPS) is 15.8. The predicted molar refractivity (Wildman–Crippen MR) is 71.7 cm³/mol. The number of nitrogens with one attached hydrogen (secondary N) is 1. The topological polar surface area (TPSA) is 50.5 Å². The van der Waals surface area contributed by atoms with Crippen LogP contribution in [-0.2, 0) is 0 Å². The molecule has 0 saturated carbocycles. The number of nitrogens with two attached hydrogens (primary N) is 1. The van der Waals surface area contributed by atoms with Crippen molar-refractivity contribution < 1.29 is 9.13 Å². The van der Waals surface area contributed by atoms with Gasteiger partial charge in [-0.25, -0.2) is 4.39 Å². The lowest BCUT2D eigenvalue weighted by atomic mass is 10.2. The number of ether oxygens (including phenoxy) is 1. The zero-order chi connectivity index (χ0) is 13.0. The van der Waals surface area contributed by atoms with Gasteiger partial charge in [0.2, 0.25) is 0 Å². The fourth-order valence-corrected chi connectivity index (χ4v) is 2.06. The lowest BCUT2D eigenvalue weighted by molar-refractivity contribution is 0.301. The number of nitrogen functional groups attached to an aromatic ring is 1. The number of rotatable bonds is 4. The van der Waals surface area contributed by atoms with Crippen molar-refractivity contribution in [1.82, 2.24) is 5.32 Å². The Balaban J connectivity index is 2.22. The standard InChI is InChI=1S/C13H20FN3O/c1-2-7-18-13-9-12(11(15)8-10(13)14)17-5-3-16-4-6-17/h8-9,16H,2-7,15H2,1H3. The van der Waals surface area contributed by atoms with Crippen molar-refractivity contribution in [3.05, 3.63) is 17.9 Å². The Morgan fingerprint density at radius 1 is 1.39 bits per heavy atom. The lowest BCUT2D eigenvalue weighted by Gasteiger charge is -2.30. The number of halogens is 1. The van der Waals surface area contributed by atoms with Crippen LogP contribution in [-0.4, -0.2) is 32.8 Å². The number of anilines is 2. The van der Waals surface area contributed by atoms with Gasteiger partial charge in [0.15, 0.2) is 11.6 Å². The minimum Gasteiger partial charge on any atom is -0.490 e.